The molecule has 0 unspecified atom stereocenters. The Morgan fingerprint density at radius 3 is 2.58 bits per heavy atom. The highest BCUT2D eigenvalue weighted by Gasteiger charge is 2.04. The lowest BCUT2D eigenvalue weighted by Crippen LogP contribution is -1.95. The van der Waals surface area contributed by atoms with Crippen LogP contribution in [0.1, 0.15) is 11.3 Å². The molecule has 19 heavy (non-hydrogen) atoms. The zero-order valence-corrected chi connectivity index (χ0v) is 11.3. The van der Waals surface area contributed by atoms with Gasteiger partial charge in [-0.25, -0.2) is 0 Å². The van der Waals surface area contributed by atoms with Gasteiger partial charge in [-0.15, -0.1) is 0 Å². The second-order valence-corrected chi connectivity index (χ2v) is 4.84. The number of benzene rings is 2. The number of nitrogens with zero attached hydrogens (tertiary/aromatic N) is 1. The van der Waals surface area contributed by atoms with Gasteiger partial charge in [-0.05, 0) is 30.7 Å². The first kappa shape index (κ1) is 11.8. The van der Waals surface area contributed by atoms with Crippen LogP contribution < -0.4 is 4.74 Å². The largest absolute Gasteiger partial charge is 0.489 e. The summed E-state index contributed by atoms with van der Waals surface area (Å²) < 4.78 is 8.04. The van der Waals surface area contributed by atoms with Crippen LogP contribution in [0.2, 0.25) is 0 Å². The molecular formula is C17H17NO. The van der Waals surface area contributed by atoms with Crippen LogP contribution in [0.3, 0.4) is 0 Å². The topological polar surface area (TPSA) is 14.2 Å². The summed E-state index contributed by atoms with van der Waals surface area (Å²) in [7, 11) is 2.08. The fourth-order valence-corrected chi connectivity index (χ4v) is 2.28. The Kier molecular flexibility index (Phi) is 3.00. The lowest BCUT2D eigenvalue weighted by molar-refractivity contribution is 0.306. The average molecular weight is 251 g/mol. The molecule has 3 aromatic rings. The Hall–Kier alpha value is -2.22. The summed E-state index contributed by atoms with van der Waals surface area (Å²) in [6.07, 6.45) is 0. The lowest BCUT2D eigenvalue weighted by Gasteiger charge is -2.07. The van der Waals surface area contributed by atoms with E-state index >= 15 is 0 Å². The van der Waals surface area contributed by atoms with Gasteiger partial charge >= 0.3 is 0 Å². The Labute approximate surface area is 113 Å². The van der Waals surface area contributed by atoms with Gasteiger partial charge in [0.2, 0.25) is 0 Å². The van der Waals surface area contributed by atoms with Gasteiger partial charge in [-0.3, -0.25) is 0 Å². The van der Waals surface area contributed by atoms with Crippen LogP contribution in [0.4, 0.5) is 0 Å². The van der Waals surface area contributed by atoms with Crippen LogP contribution >= 0.6 is 0 Å². The molecule has 0 saturated carbocycles. The first-order chi connectivity index (χ1) is 9.24. The summed E-state index contributed by atoms with van der Waals surface area (Å²) in [6, 6.07) is 18.7. The van der Waals surface area contributed by atoms with Gasteiger partial charge in [0.1, 0.15) is 12.4 Å². The molecule has 0 aliphatic rings. The van der Waals surface area contributed by atoms with Crippen molar-refractivity contribution < 1.29 is 4.74 Å². The normalized spacial score (nSPS) is 10.8. The second kappa shape index (κ2) is 4.81. The third-order valence-corrected chi connectivity index (χ3v) is 3.51. The van der Waals surface area contributed by atoms with E-state index < -0.39 is 0 Å². The van der Waals surface area contributed by atoms with Crippen LogP contribution in [0, 0.1) is 6.92 Å². The van der Waals surface area contributed by atoms with Crippen LogP contribution in [0.15, 0.2) is 54.6 Å². The van der Waals surface area contributed by atoms with Gasteiger partial charge in [0.15, 0.2) is 0 Å². The van der Waals surface area contributed by atoms with E-state index in [-0.39, 0.29) is 0 Å². The van der Waals surface area contributed by atoms with Crippen molar-refractivity contribution in [2.75, 3.05) is 0 Å². The zero-order valence-electron chi connectivity index (χ0n) is 11.3. The maximum absolute atomic E-state index is 5.85. The van der Waals surface area contributed by atoms with Crippen LogP contribution in [-0.2, 0) is 13.7 Å². The van der Waals surface area contributed by atoms with E-state index in [1.807, 2.05) is 24.3 Å². The molecule has 2 aromatic carbocycles. The molecule has 3 rings (SSSR count). The van der Waals surface area contributed by atoms with Crippen molar-refractivity contribution in [2.24, 2.45) is 7.05 Å². The summed E-state index contributed by atoms with van der Waals surface area (Å²) in [5.74, 6) is 0.914. The highest BCUT2D eigenvalue weighted by atomic mass is 16.5. The number of aromatic nitrogens is 1. The van der Waals surface area contributed by atoms with E-state index in [1.165, 1.54) is 22.2 Å². The Balaban J connectivity index is 1.83. The molecule has 96 valence electrons. The molecule has 0 N–H and O–H groups in total. The smallest absolute Gasteiger partial charge is 0.121 e. The molecule has 2 heteroatoms. The van der Waals surface area contributed by atoms with Crippen molar-refractivity contribution in [1.82, 2.24) is 4.57 Å². The standard InChI is InChI=1S/C17H17NO/c1-13-10-15-8-9-16(11-17(15)18(13)2)19-12-14-6-4-3-5-7-14/h3-11H,12H2,1-2H3. The number of hydrogen-bond donors (Lipinski definition) is 0. The van der Waals surface area contributed by atoms with E-state index in [0.29, 0.717) is 6.61 Å². The van der Waals surface area contributed by atoms with E-state index in [4.69, 9.17) is 4.74 Å². The van der Waals surface area contributed by atoms with E-state index in [2.05, 4.69) is 48.9 Å². The molecule has 0 atom stereocenters. The monoisotopic (exact) mass is 251 g/mol. The molecule has 0 fully saturated rings. The number of aryl methyl sites for hydroxylation is 2. The van der Waals surface area contributed by atoms with Crippen LogP contribution in [0.25, 0.3) is 10.9 Å². The molecule has 0 spiro atoms. The number of hydrogen-bond acceptors (Lipinski definition) is 1. The molecule has 2 nitrogen and oxygen atoms in total. The Bertz CT molecular complexity index is 698. The van der Waals surface area contributed by atoms with Crippen LogP contribution in [-0.4, -0.2) is 4.57 Å². The Morgan fingerprint density at radius 1 is 1.00 bits per heavy atom. The fraction of sp³-hybridized carbons (Fsp3) is 0.176. The van der Waals surface area contributed by atoms with Gasteiger partial charge in [0, 0.05) is 24.2 Å². The maximum atomic E-state index is 5.85. The molecule has 0 aliphatic heterocycles. The SMILES string of the molecule is Cc1cc2ccc(OCc3ccccc3)cc2n1C. The van der Waals surface area contributed by atoms with Crippen molar-refractivity contribution in [3.63, 3.8) is 0 Å². The van der Waals surface area contributed by atoms with Gasteiger partial charge in [-0.1, -0.05) is 30.3 Å². The summed E-state index contributed by atoms with van der Waals surface area (Å²) in [4.78, 5) is 0. The molecule has 0 saturated heterocycles. The second-order valence-electron chi connectivity index (χ2n) is 4.84. The third kappa shape index (κ3) is 2.34. The fourth-order valence-electron chi connectivity index (χ4n) is 2.28. The van der Waals surface area contributed by atoms with Gasteiger partial charge in [0.05, 0.1) is 5.52 Å². The molecule has 1 heterocycles. The molecule has 1 aromatic heterocycles. The zero-order chi connectivity index (χ0) is 13.2. The first-order valence-electron chi connectivity index (χ1n) is 6.47. The predicted octanol–water partition coefficient (Wildman–Crippen LogP) is 4.07. The van der Waals surface area contributed by atoms with E-state index in [1.54, 1.807) is 0 Å². The summed E-state index contributed by atoms with van der Waals surface area (Å²) in [5, 5.41) is 1.26. The molecule has 0 amide bonds. The minimum absolute atomic E-state index is 0.607. The van der Waals surface area contributed by atoms with E-state index in [9.17, 15) is 0 Å². The molecule has 0 bridgehead atoms. The van der Waals surface area contributed by atoms with Crippen molar-refractivity contribution in [2.45, 2.75) is 13.5 Å². The summed E-state index contributed by atoms with van der Waals surface area (Å²) in [6.45, 7) is 2.72. The quantitative estimate of drug-likeness (QED) is 0.684. The lowest BCUT2D eigenvalue weighted by atomic mass is 10.2. The van der Waals surface area contributed by atoms with Crippen LogP contribution in [0.5, 0.6) is 5.75 Å². The molecule has 0 radical (unpaired) electrons. The predicted molar refractivity (Wildman–Crippen MR) is 78.4 cm³/mol. The van der Waals surface area contributed by atoms with Crippen molar-refractivity contribution >= 4 is 10.9 Å². The summed E-state index contributed by atoms with van der Waals surface area (Å²) in [5.41, 5.74) is 3.66. The number of fused-ring (bicyclic) bond motifs is 1. The maximum Gasteiger partial charge on any atom is 0.121 e. The first-order valence-corrected chi connectivity index (χ1v) is 6.47. The number of rotatable bonds is 3. The molecule has 0 aliphatic carbocycles. The third-order valence-electron chi connectivity index (χ3n) is 3.51. The van der Waals surface area contributed by atoms with E-state index in [0.717, 1.165) is 5.75 Å². The number of ether oxygens (including phenoxy) is 1. The Morgan fingerprint density at radius 2 is 1.79 bits per heavy atom. The highest BCUT2D eigenvalue weighted by molar-refractivity contribution is 5.82. The van der Waals surface area contributed by atoms with Crippen molar-refractivity contribution in [3.8, 4) is 5.75 Å². The van der Waals surface area contributed by atoms with Gasteiger partial charge < -0.3 is 9.30 Å². The minimum Gasteiger partial charge on any atom is -0.489 e. The van der Waals surface area contributed by atoms with Crippen molar-refractivity contribution in [1.29, 1.82) is 0 Å². The highest BCUT2D eigenvalue weighted by Crippen LogP contribution is 2.24. The molecular weight excluding hydrogens is 234 g/mol. The van der Waals surface area contributed by atoms with Gasteiger partial charge in [-0.2, -0.15) is 0 Å². The van der Waals surface area contributed by atoms with Gasteiger partial charge in [0.25, 0.3) is 0 Å². The minimum atomic E-state index is 0.607. The van der Waals surface area contributed by atoms with Crippen molar-refractivity contribution in [3.05, 3.63) is 65.9 Å². The summed E-state index contributed by atoms with van der Waals surface area (Å²) >= 11 is 0. The average Bonchev–Trinajstić information content (AvgIpc) is 2.73.